The van der Waals surface area contributed by atoms with E-state index in [0.29, 0.717) is 5.82 Å². The van der Waals surface area contributed by atoms with Gasteiger partial charge in [0.05, 0.1) is 11.2 Å². The van der Waals surface area contributed by atoms with Crippen molar-refractivity contribution in [2.45, 2.75) is 0 Å². The van der Waals surface area contributed by atoms with E-state index >= 15 is 0 Å². The average molecular weight is 839 g/mol. The van der Waals surface area contributed by atoms with Crippen molar-refractivity contribution in [3.8, 4) is 89.4 Å². The highest BCUT2D eigenvalue weighted by Crippen LogP contribution is 2.39. The standard InChI is InChI=1S/C64H42N2/c1-3-14-43(15-4-1)55-40-56(44-16-5-2-6-17-44)42-57(41-55)54-24-12-23-53(39-54)52-22-11-21-51(38-52)47-30-28-45(29-31-47)46-32-34-50(35-33-46)64-65-61-37-36-49-19-8-10-26-59(49)62(61)63(66-64)60-27-13-20-48-18-7-9-25-58(48)60/h1-42H. The summed E-state index contributed by atoms with van der Waals surface area (Å²) in [5, 5.41) is 5.78. The normalized spacial score (nSPS) is 11.3. The summed E-state index contributed by atoms with van der Waals surface area (Å²) in [5.41, 5.74) is 18.2. The second-order valence-electron chi connectivity index (χ2n) is 17.0. The molecule has 0 fully saturated rings. The average Bonchev–Trinajstić information content (AvgIpc) is 3.41. The van der Waals surface area contributed by atoms with Crippen molar-refractivity contribution >= 4 is 32.4 Å². The fourth-order valence-electron chi connectivity index (χ4n) is 9.47. The predicted molar refractivity (Wildman–Crippen MR) is 278 cm³/mol. The highest BCUT2D eigenvalue weighted by molar-refractivity contribution is 6.15. The molecule has 308 valence electrons. The summed E-state index contributed by atoms with van der Waals surface area (Å²) in [6.07, 6.45) is 0. The monoisotopic (exact) mass is 838 g/mol. The minimum absolute atomic E-state index is 0.714. The number of nitrogens with zero attached hydrogens (tertiary/aromatic N) is 2. The topological polar surface area (TPSA) is 25.8 Å². The third kappa shape index (κ3) is 7.41. The van der Waals surface area contributed by atoms with Crippen LogP contribution in [0.15, 0.2) is 255 Å². The fourth-order valence-corrected chi connectivity index (χ4v) is 9.47. The Balaban J connectivity index is 0.837. The van der Waals surface area contributed by atoms with Crippen molar-refractivity contribution in [2.75, 3.05) is 0 Å². The van der Waals surface area contributed by atoms with Crippen LogP contribution in [0.5, 0.6) is 0 Å². The summed E-state index contributed by atoms with van der Waals surface area (Å²) in [4.78, 5) is 10.5. The summed E-state index contributed by atoms with van der Waals surface area (Å²) in [6, 6.07) is 91.4. The summed E-state index contributed by atoms with van der Waals surface area (Å²) in [7, 11) is 0. The summed E-state index contributed by atoms with van der Waals surface area (Å²) < 4.78 is 0. The van der Waals surface area contributed by atoms with Crippen molar-refractivity contribution in [1.82, 2.24) is 9.97 Å². The minimum Gasteiger partial charge on any atom is -0.228 e. The molecular formula is C64H42N2. The maximum absolute atomic E-state index is 5.36. The van der Waals surface area contributed by atoms with Crippen molar-refractivity contribution in [1.29, 1.82) is 0 Å². The second-order valence-corrected chi connectivity index (χ2v) is 17.0. The van der Waals surface area contributed by atoms with Crippen LogP contribution < -0.4 is 0 Å². The van der Waals surface area contributed by atoms with E-state index in [1.807, 2.05) is 0 Å². The van der Waals surface area contributed by atoms with E-state index in [1.165, 1.54) is 71.8 Å². The Bertz CT molecular complexity index is 3660. The van der Waals surface area contributed by atoms with E-state index in [1.54, 1.807) is 0 Å². The molecule has 0 saturated carbocycles. The van der Waals surface area contributed by atoms with Crippen LogP contribution in [0.1, 0.15) is 0 Å². The summed E-state index contributed by atoms with van der Waals surface area (Å²) in [6.45, 7) is 0. The Morgan fingerprint density at radius 1 is 0.227 bits per heavy atom. The van der Waals surface area contributed by atoms with Crippen LogP contribution in [-0.4, -0.2) is 9.97 Å². The Hall–Kier alpha value is -8.72. The summed E-state index contributed by atoms with van der Waals surface area (Å²) in [5.74, 6) is 0.714. The van der Waals surface area contributed by atoms with Crippen LogP contribution in [0.25, 0.3) is 122 Å². The molecule has 1 heterocycles. The van der Waals surface area contributed by atoms with Crippen LogP contribution in [-0.2, 0) is 0 Å². The maximum atomic E-state index is 5.36. The van der Waals surface area contributed by atoms with Gasteiger partial charge in [-0.1, -0.05) is 218 Å². The van der Waals surface area contributed by atoms with Crippen LogP contribution >= 0.6 is 0 Å². The van der Waals surface area contributed by atoms with Crippen LogP contribution in [0, 0.1) is 0 Å². The second kappa shape index (κ2) is 16.8. The van der Waals surface area contributed by atoms with Gasteiger partial charge in [-0.15, -0.1) is 0 Å². The molecule has 66 heavy (non-hydrogen) atoms. The molecule has 0 unspecified atom stereocenters. The molecule has 12 aromatic rings. The molecule has 2 heteroatoms. The van der Waals surface area contributed by atoms with Crippen molar-refractivity contribution in [3.63, 3.8) is 0 Å². The van der Waals surface area contributed by atoms with Crippen LogP contribution in [0.4, 0.5) is 0 Å². The molecule has 2 nitrogen and oxygen atoms in total. The number of hydrogen-bond acceptors (Lipinski definition) is 2. The van der Waals surface area contributed by atoms with Gasteiger partial charge in [0.1, 0.15) is 0 Å². The zero-order chi connectivity index (χ0) is 43.8. The lowest BCUT2D eigenvalue weighted by atomic mass is 9.91. The fraction of sp³-hybridized carbons (Fsp3) is 0. The lowest BCUT2D eigenvalue weighted by Crippen LogP contribution is -1.96. The van der Waals surface area contributed by atoms with Gasteiger partial charge in [-0.25, -0.2) is 9.97 Å². The van der Waals surface area contributed by atoms with E-state index < -0.39 is 0 Å². The molecule has 1 aromatic heterocycles. The Morgan fingerprint density at radius 2 is 0.606 bits per heavy atom. The highest BCUT2D eigenvalue weighted by Gasteiger charge is 2.17. The lowest BCUT2D eigenvalue weighted by molar-refractivity contribution is 1.23. The zero-order valence-corrected chi connectivity index (χ0v) is 36.1. The molecule has 0 amide bonds. The zero-order valence-electron chi connectivity index (χ0n) is 36.1. The van der Waals surface area contributed by atoms with Crippen LogP contribution in [0.2, 0.25) is 0 Å². The van der Waals surface area contributed by atoms with Gasteiger partial charge in [0.15, 0.2) is 5.82 Å². The molecule has 12 rings (SSSR count). The van der Waals surface area contributed by atoms with Crippen molar-refractivity contribution < 1.29 is 0 Å². The number of rotatable bonds is 8. The molecule has 0 atom stereocenters. The molecule has 0 aliphatic heterocycles. The Morgan fingerprint density at radius 3 is 1.20 bits per heavy atom. The molecule has 0 spiro atoms. The molecule has 0 aliphatic carbocycles. The number of benzene rings is 11. The Labute approximate surface area is 384 Å². The molecule has 0 bridgehead atoms. The van der Waals surface area contributed by atoms with Gasteiger partial charge in [0.25, 0.3) is 0 Å². The maximum Gasteiger partial charge on any atom is 0.160 e. The van der Waals surface area contributed by atoms with Crippen molar-refractivity contribution in [2.24, 2.45) is 0 Å². The molecular weight excluding hydrogens is 797 g/mol. The molecule has 0 N–H and O–H groups in total. The first-order valence-corrected chi connectivity index (χ1v) is 22.5. The van der Waals surface area contributed by atoms with Gasteiger partial charge in [-0.05, 0) is 125 Å². The number of fused-ring (bicyclic) bond motifs is 4. The first-order chi connectivity index (χ1) is 32.7. The molecule has 0 aliphatic rings. The van der Waals surface area contributed by atoms with E-state index in [0.717, 1.165) is 44.2 Å². The number of aromatic nitrogens is 2. The van der Waals surface area contributed by atoms with Crippen LogP contribution in [0.3, 0.4) is 0 Å². The largest absolute Gasteiger partial charge is 0.228 e. The molecule has 11 aromatic carbocycles. The Kier molecular flexibility index (Phi) is 9.89. The first kappa shape index (κ1) is 38.9. The molecule has 0 radical (unpaired) electrons. The quantitative estimate of drug-likeness (QED) is 0.143. The van der Waals surface area contributed by atoms with E-state index in [4.69, 9.17) is 9.97 Å². The van der Waals surface area contributed by atoms with Gasteiger partial charge in [-0.2, -0.15) is 0 Å². The van der Waals surface area contributed by atoms with Gasteiger partial charge in [-0.3, -0.25) is 0 Å². The smallest absolute Gasteiger partial charge is 0.160 e. The predicted octanol–water partition coefficient (Wildman–Crippen LogP) is 17.3. The van der Waals surface area contributed by atoms with E-state index in [-0.39, 0.29) is 0 Å². The summed E-state index contributed by atoms with van der Waals surface area (Å²) >= 11 is 0. The van der Waals surface area contributed by atoms with Crippen molar-refractivity contribution in [3.05, 3.63) is 255 Å². The third-order valence-electron chi connectivity index (χ3n) is 12.9. The first-order valence-electron chi connectivity index (χ1n) is 22.5. The van der Waals surface area contributed by atoms with Gasteiger partial charge in [0, 0.05) is 16.5 Å². The minimum atomic E-state index is 0.714. The number of hydrogen-bond donors (Lipinski definition) is 0. The van der Waals surface area contributed by atoms with Gasteiger partial charge < -0.3 is 0 Å². The van der Waals surface area contributed by atoms with Gasteiger partial charge in [0.2, 0.25) is 0 Å². The molecule has 0 saturated heterocycles. The van der Waals surface area contributed by atoms with Gasteiger partial charge >= 0.3 is 0 Å². The lowest BCUT2D eigenvalue weighted by Gasteiger charge is -2.14. The van der Waals surface area contributed by atoms with E-state index in [2.05, 4.69) is 255 Å². The van der Waals surface area contributed by atoms with E-state index in [9.17, 15) is 0 Å². The SMILES string of the molecule is c1ccc(-c2cc(-c3ccccc3)cc(-c3cccc(-c4cccc(-c5ccc(-c6ccc(-c7nc(-c8cccc9ccccc89)c8c(ccc9ccccc98)n7)cc6)cc5)c4)c3)c2)cc1. The third-order valence-corrected chi connectivity index (χ3v) is 12.9. The highest BCUT2D eigenvalue weighted by atomic mass is 14.9.